The number of piperidine rings is 1. The number of aromatic amines is 1. The Hall–Kier alpha value is -1.43. The first kappa shape index (κ1) is 11.1. The van der Waals surface area contributed by atoms with Crippen molar-refractivity contribution in [3.05, 3.63) is 11.9 Å². The molecule has 2 heterocycles. The normalized spacial score (nSPS) is 19.8. The molecular weight excluding hydrogens is 206 g/mol. The highest BCUT2D eigenvalue weighted by molar-refractivity contribution is 5.91. The maximum absolute atomic E-state index is 11.9. The highest BCUT2D eigenvalue weighted by atomic mass is 16.2. The summed E-state index contributed by atoms with van der Waals surface area (Å²) < 4.78 is 0. The lowest BCUT2D eigenvalue weighted by molar-refractivity contribution is 0.0675. The summed E-state index contributed by atoms with van der Waals surface area (Å²) in [5.41, 5.74) is 6.24. The number of H-pyrrole nitrogens is 1. The number of carbonyl (C=O) groups excluding carboxylic acids is 1. The third-order valence-corrected chi connectivity index (χ3v) is 3.20. The number of hydrogen-bond donors (Lipinski definition) is 2. The second-order valence-electron chi connectivity index (χ2n) is 4.34. The zero-order valence-corrected chi connectivity index (χ0v) is 9.39. The van der Waals surface area contributed by atoms with Crippen LogP contribution in [0.1, 0.15) is 30.3 Å². The molecule has 16 heavy (non-hydrogen) atoms. The number of rotatable bonds is 2. The second kappa shape index (κ2) is 4.61. The molecule has 1 fully saturated rings. The van der Waals surface area contributed by atoms with E-state index < -0.39 is 0 Å². The minimum Gasteiger partial charge on any atom is -0.337 e. The van der Waals surface area contributed by atoms with Crippen LogP contribution < -0.4 is 5.73 Å². The Bertz CT molecular complexity index is 340. The molecule has 1 atom stereocenters. The van der Waals surface area contributed by atoms with Crippen molar-refractivity contribution in [2.45, 2.75) is 25.8 Å². The standard InChI is InChI=1S/C10H17N5O/c1-7(11)8-2-4-15(5-3-8)10(16)9-6-12-14-13-9/h6-8H,2-5,11H2,1H3,(H,12,13,14). The van der Waals surface area contributed by atoms with Gasteiger partial charge in [0.25, 0.3) is 5.91 Å². The van der Waals surface area contributed by atoms with Gasteiger partial charge in [-0.15, -0.1) is 0 Å². The van der Waals surface area contributed by atoms with Gasteiger partial charge in [-0.2, -0.15) is 15.4 Å². The van der Waals surface area contributed by atoms with Crippen LogP contribution in [0.2, 0.25) is 0 Å². The fraction of sp³-hybridized carbons (Fsp3) is 0.700. The van der Waals surface area contributed by atoms with Crippen molar-refractivity contribution in [2.24, 2.45) is 11.7 Å². The molecule has 0 aromatic carbocycles. The molecule has 1 aromatic heterocycles. The molecule has 0 saturated carbocycles. The molecule has 2 rings (SSSR count). The van der Waals surface area contributed by atoms with E-state index in [1.807, 2.05) is 11.8 Å². The molecule has 3 N–H and O–H groups in total. The first-order chi connectivity index (χ1) is 7.68. The zero-order chi connectivity index (χ0) is 11.5. The third-order valence-electron chi connectivity index (χ3n) is 3.20. The van der Waals surface area contributed by atoms with Crippen molar-refractivity contribution in [1.82, 2.24) is 20.3 Å². The minimum absolute atomic E-state index is 0.0446. The minimum atomic E-state index is -0.0446. The third kappa shape index (κ3) is 2.21. The Morgan fingerprint density at radius 2 is 2.31 bits per heavy atom. The average Bonchev–Trinajstić information content (AvgIpc) is 2.81. The van der Waals surface area contributed by atoms with E-state index in [0.29, 0.717) is 11.6 Å². The first-order valence-electron chi connectivity index (χ1n) is 5.59. The Morgan fingerprint density at radius 3 is 2.81 bits per heavy atom. The Morgan fingerprint density at radius 1 is 1.62 bits per heavy atom. The molecule has 6 heteroatoms. The average molecular weight is 223 g/mol. The van der Waals surface area contributed by atoms with Gasteiger partial charge < -0.3 is 10.6 Å². The van der Waals surface area contributed by atoms with Crippen molar-refractivity contribution < 1.29 is 4.79 Å². The summed E-state index contributed by atoms with van der Waals surface area (Å²) in [6.07, 6.45) is 3.41. The number of amides is 1. The summed E-state index contributed by atoms with van der Waals surface area (Å²) in [6.45, 7) is 3.55. The van der Waals surface area contributed by atoms with Gasteiger partial charge in [-0.25, -0.2) is 0 Å². The van der Waals surface area contributed by atoms with Gasteiger partial charge in [0.1, 0.15) is 0 Å². The number of likely N-dealkylation sites (tertiary alicyclic amines) is 1. The van der Waals surface area contributed by atoms with Crippen LogP contribution >= 0.6 is 0 Å². The topological polar surface area (TPSA) is 87.9 Å². The van der Waals surface area contributed by atoms with Crippen molar-refractivity contribution in [3.63, 3.8) is 0 Å². The van der Waals surface area contributed by atoms with Gasteiger partial charge in [-0.05, 0) is 25.7 Å². The van der Waals surface area contributed by atoms with E-state index >= 15 is 0 Å². The number of nitrogens with zero attached hydrogens (tertiary/aromatic N) is 3. The maximum atomic E-state index is 11.9. The fourth-order valence-corrected chi connectivity index (χ4v) is 2.09. The van der Waals surface area contributed by atoms with Crippen LogP contribution in [0.3, 0.4) is 0 Å². The fourth-order valence-electron chi connectivity index (χ4n) is 2.09. The molecule has 88 valence electrons. The van der Waals surface area contributed by atoms with E-state index in [0.717, 1.165) is 25.9 Å². The second-order valence-corrected chi connectivity index (χ2v) is 4.34. The lowest BCUT2D eigenvalue weighted by Gasteiger charge is -2.33. The number of nitrogens with two attached hydrogens (primary N) is 1. The molecule has 1 amide bonds. The molecule has 0 spiro atoms. The predicted molar refractivity (Wildman–Crippen MR) is 58.7 cm³/mol. The number of hydrogen-bond acceptors (Lipinski definition) is 4. The molecule has 0 aliphatic carbocycles. The van der Waals surface area contributed by atoms with Crippen LogP contribution in [0.4, 0.5) is 0 Å². The number of carbonyl (C=O) groups is 1. The van der Waals surface area contributed by atoms with Crippen molar-refractivity contribution in [1.29, 1.82) is 0 Å². The van der Waals surface area contributed by atoms with Crippen LogP contribution in [0.5, 0.6) is 0 Å². The summed E-state index contributed by atoms with van der Waals surface area (Å²) >= 11 is 0. The molecule has 1 saturated heterocycles. The van der Waals surface area contributed by atoms with Gasteiger partial charge in [0.05, 0.1) is 6.20 Å². The Labute approximate surface area is 94.2 Å². The van der Waals surface area contributed by atoms with Gasteiger partial charge in [0.15, 0.2) is 5.69 Å². The summed E-state index contributed by atoms with van der Waals surface area (Å²) in [5.74, 6) is 0.484. The van der Waals surface area contributed by atoms with Crippen LogP contribution in [-0.2, 0) is 0 Å². The van der Waals surface area contributed by atoms with Crippen LogP contribution in [0.25, 0.3) is 0 Å². The summed E-state index contributed by atoms with van der Waals surface area (Å²) in [6, 6.07) is 0.212. The van der Waals surface area contributed by atoms with Crippen molar-refractivity contribution >= 4 is 5.91 Å². The predicted octanol–water partition coefficient (Wildman–Crippen LogP) is 0.00410. The molecule has 1 unspecified atom stereocenters. The molecule has 0 bridgehead atoms. The number of nitrogens with one attached hydrogen (secondary N) is 1. The maximum Gasteiger partial charge on any atom is 0.276 e. The lowest BCUT2D eigenvalue weighted by atomic mass is 9.91. The summed E-state index contributed by atoms with van der Waals surface area (Å²) in [4.78, 5) is 13.7. The van der Waals surface area contributed by atoms with Gasteiger partial charge in [0, 0.05) is 19.1 Å². The Balaban J connectivity index is 1.92. The largest absolute Gasteiger partial charge is 0.337 e. The van der Waals surface area contributed by atoms with Crippen LogP contribution in [-0.4, -0.2) is 45.3 Å². The molecule has 6 nitrogen and oxygen atoms in total. The van der Waals surface area contributed by atoms with Gasteiger partial charge in [-0.1, -0.05) is 0 Å². The van der Waals surface area contributed by atoms with Gasteiger partial charge in [-0.3, -0.25) is 4.79 Å². The van der Waals surface area contributed by atoms with E-state index in [4.69, 9.17) is 5.73 Å². The Kier molecular flexibility index (Phi) is 3.19. The van der Waals surface area contributed by atoms with Crippen molar-refractivity contribution in [3.8, 4) is 0 Å². The van der Waals surface area contributed by atoms with Gasteiger partial charge in [0.2, 0.25) is 0 Å². The zero-order valence-electron chi connectivity index (χ0n) is 9.39. The molecule has 1 aliphatic rings. The van der Waals surface area contributed by atoms with Gasteiger partial charge >= 0.3 is 0 Å². The summed E-state index contributed by atoms with van der Waals surface area (Å²) in [7, 11) is 0. The first-order valence-corrected chi connectivity index (χ1v) is 5.59. The molecular formula is C10H17N5O. The monoisotopic (exact) mass is 223 g/mol. The lowest BCUT2D eigenvalue weighted by Crippen LogP contribution is -2.42. The smallest absolute Gasteiger partial charge is 0.276 e. The van der Waals surface area contributed by atoms with E-state index in [1.165, 1.54) is 6.20 Å². The number of aromatic nitrogens is 3. The van der Waals surface area contributed by atoms with E-state index in [1.54, 1.807) is 0 Å². The molecule has 1 aromatic rings. The summed E-state index contributed by atoms with van der Waals surface area (Å²) in [5, 5.41) is 9.88. The van der Waals surface area contributed by atoms with Crippen molar-refractivity contribution in [2.75, 3.05) is 13.1 Å². The van der Waals surface area contributed by atoms with E-state index in [-0.39, 0.29) is 11.9 Å². The highest BCUT2D eigenvalue weighted by Gasteiger charge is 2.26. The van der Waals surface area contributed by atoms with E-state index in [2.05, 4.69) is 15.4 Å². The quantitative estimate of drug-likeness (QED) is 0.739. The van der Waals surface area contributed by atoms with Crippen LogP contribution in [0.15, 0.2) is 6.20 Å². The molecule has 0 radical (unpaired) electrons. The SMILES string of the molecule is CC(N)C1CCN(C(=O)c2cn[nH]n2)CC1. The van der Waals surface area contributed by atoms with E-state index in [9.17, 15) is 4.79 Å². The molecule has 1 aliphatic heterocycles. The highest BCUT2D eigenvalue weighted by Crippen LogP contribution is 2.20. The van der Waals surface area contributed by atoms with Crippen LogP contribution in [0, 0.1) is 5.92 Å².